The van der Waals surface area contributed by atoms with E-state index in [4.69, 9.17) is 0 Å². The highest BCUT2D eigenvalue weighted by atomic mass is 79.9. The van der Waals surface area contributed by atoms with Crippen LogP contribution in [0.1, 0.15) is 41.0 Å². The van der Waals surface area contributed by atoms with E-state index in [0.29, 0.717) is 5.56 Å². The Morgan fingerprint density at radius 1 is 1.08 bits per heavy atom. The zero-order valence-corrected chi connectivity index (χ0v) is 16.9. The number of benzene rings is 2. The van der Waals surface area contributed by atoms with E-state index in [-0.39, 0.29) is 5.91 Å². The Morgan fingerprint density at radius 3 is 2.36 bits per heavy atom. The first-order chi connectivity index (χ1) is 11.7. The third-order valence-electron chi connectivity index (χ3n) is 5.06. The van der Waals surface area contributed by atoms with Gasteiger partial charge in [-0.05, 0) is 69.2 Å². The molecule has 0 aliphatic carbocycles. The van der Waals surface area contributed by atoms with Crippen LogP contribution in [-0.2, 0) is 12.6 Å². The number of hydrogen-bond donors (Lipinski definition) is 1. The molecule has 2 aromatic carbocycles. The van der Waals surface area contributed by atoms with E-state index in [9.17, 15) is 4.79 Å². The number of aromatic nitrogens is 1. The van der Waals surface area contributed by atoms with E-state index >= 15 is 0 Å². The average Bonchev–Trinajstić information content (AvgIpc) is 2.79. The lowest BCUT2D eigenvalue weighted by Gasteiger charge is -2.27. The summed E-state index contributed by atoms with van der Waals surface area (Å²) < 4.78 is 3.19. The third-order valence-corrected chi connectivity index (χ3v) is 5.59. The molecule has 0 unspecified atom stereocenters. The summed E-state index contributed by atoms with van der Waals surface area (Å²) in [6, 6.07) is 13.9. The molecule has 3 nitrogen and oxygen atoms in total. The van der Waals surface area contributed by atoms with Gasteiger partial charge in [0.2, 0.25) is 0 Å². The van der Waals surface area contributed by atoms with Crippen molar-refractivity contribution < 1.29 is 4.79 Å². The van der Waals surface area contributed by atoms with Gasteiger partial charge in [-0.2, -0.15) is 0 Å². The van der Waals surface area contributed by atoms with E-state index in [2.05, 4.69) is 46.7 Å². The fraction of sp³-hybridized carbons (Fsp3) is 0.286. The van der Waals surface area contributed by atoms with Gasteiger partial charge in [0.05, 0.1) is 5.54 Å². The maximum absolute atomic E-state index is 12.8. The van der Waals surface area contributed by atoms with E-state index in [1.807, 2.05) is 56.3 Å². The van der Waals surface area contributed by atoms with Crippen molar-refractivity contribution in [3.05, 3.63) is 69.3 Å². The molecule has 0 fully saturated rings. The fourth-order valence-electron chi connectivity index (χ4n) is 3.19. The number of carbonyl (C=O) groups excluding carboxylic acids is 1. The summed E-state index contributed by atoms with van der Waals surface area (Å²) in [5.74, 6) is -0.0595. The molecule has 0 radical (unpaired) electrons. The van der Waals surface area contributed by atoms with Gasteiger partial charge in [0, 0.05) is 33.7 Å². The molecule has 4 heteroatoms. The highest BCUT2D eigenvalue weighted by molar-refractivity contribution is 9.10. The molecule has 0 spiro atoms. The van der Waals surface area contributed by atoms with Gasteiger partial charge in [0.1, 0.15) is 0 Å². The van der Waals surface area contributed by atoms with Crippen LogP contribution in [0.3, 0.4) is 0 Å². The van der Waals surface area contributed by atoms with Crippen molar-refractivity contribution in [2.24, 2.45) is 7.05 Å². The topological polar surface area (TPSA) is 34.0 Å². The molecule has 1 N–H and O–H groups in total. The van der Waals surface area contributed by atoms with Crippen LogP contribution < -0.4 is 5.32 Å². The predicted octanol–water partition coefficient (Wildman–Crippen LogP) is 5.22. The predicted molar refractivity (Wildman–Crippen MR) is 107 cm³/mol. The quantitative estimate of drug-likeness (QED) is 0.644. The molecule has 0 aliphatic heterocycles. The van der Waals surface area contributed by atoms with Crippen molar-refractivity contribution in [3.63, 3.8) is 0 Å². The zero-order chi connectivity index (χ0) is 18.4. The second kappa shape index (κ2) is 6.34. The summed E-state index contributed by atoms with van der Waals surface area (Å²) in [5.41, 5.74) is 4.90. The van der Waals surface area contributed by atoms with Gasteiger partial charge >= 0.3 is 0 Å². The van der Waals surface area contributed by atoms with Crippen molar-refractivity contribution in [1.29, 1.82) is 0 Å². The van der Waals surface area contributed by atoms with Gasteiger partial charge in [0.25, 0.3) is 5.91 Å². The standard InChI is InChI=1S/C21H23BrN2O/c1-13-14(2)24(5)19-11-6-15(12-18(13)19)20(25)23-21(3,4)16-7-9-17(22)10-8-16/h6-12H,1-5H3,(H,23,25). The molecular weight excluding hydrogens is 376 g/mol. The van der Waals surface area contributed by atoms with Crippen molar-refractivity contribution >= 4 is 32.7 Å². The number of hydrogen-bond acceptors (Lipinski definition) is 1. The summed E-state index contributed by atoms with van der Waals surface area (Å²) in [6.45, 7) is 8.24. The molecule has 130 valence electrons. The van der Waals surface area contributed by atoms with Crippen LogP contribution in [0.15, 0.2) is 46.9 Å². The second-order valence-corrected chi connectivity index (χ2v) is 8.00. The molecule has 1 aromatic heterocycles. The average molecular weight is 399 g/mol. The Bertz CT molecular complexity index is 952. The zero-order valence-electron chi connectivity index (χ0n) is 15.3. The van der Waals surface area contributed by atoms with Gasteiger partial charge in [0.15, 0.2) is 0 Å². The van der Waals surface area contributed by atoms with Crippen molar-refractivity contribution in [1.82, 2.24) is 9.88 Å². The van der Waals surface area contributed by atoms with E-state index < -0.39 is 5.54 Å². The summed E-state index contributed by atoms with van der Waals surface area (Å²) in [4.78, 5) is 12.8. The number of carbonyl (C=O) groups is 1. The molecule has 0 atom stereocenters. The minimum absolute atomic E-state index is 0.0595. The summed E-state index contributed by atoms with van der Waals surface area (Å²) in [5, 5.41) is 4.29. The molecule has 0 aliphatic rings. The molecule has 3 aromatic rings. The first kappa shape index (κ1) is 17.7. The van der Waals surface area contributed by atoms with Crippen LogP contribution in [-0.4, -0.2) is 10.5 Å². The molecule has 0 saturated heterocycles. The monoisotopic (exact) mass is 398 g/mol. The molecule has 25 heavy (non-hydrogen) atoms. The minimum atomic E-state index is -0.450. The van der Waals surface area contributed by atoms with Gasteiger partial charge < -0.3 is 9.88 Å². The Hall–Kier alpha value is -2.07. The molecule has 0 saturated carbocycles. The smallest absolute Gasteiger partial charge is 0.251 e. The van der Waals surface area contributed by atoms with Gasteiger partial charge in [-0.15, -0.1) is 0 Å². The molecule has 0 bridgehead atoms. The normalized spacial score (nSPS) is 11.8. The Morgan fingerprint density at radius 2 is 1.72 bits per heavy atom. The van der Waals surface area contributed by atoms with Gasteiger partial charge in [-0.25, -0.2) is 0 Å². The van der Waals surface area contributed by atoms with Crippen LogP contribution in [0.5, 0.6) is 0 Å². The number of nitrogens with one attached hydrogen (secondary N) is 1. The lowest BCUT2D eigenvalue weighted by atomic mass is 9.94. The third kappa shape index (κ3) is 3.23. The first-order valence-corrected chi connectivity index (χ1v) is 9.14. The second-order valence-electron chi connectivity index (χ2n) is 7.09. The summed E-state index contributed by atoms with van der Waals surface area (Å²) in [6.07, 6.45) is 0. The van der Waals surface area contributed by atoms with Crippen molar-refractivity contribution in [3.8, 4) is 0 Å². The lowest BCUT2D eigenvalue weighted by Crippen LogP contribution is -2.40. The van der Waals surface area contributed by atoms with E-state index in [0.717, 1.165) is 20.9 Å². The number of nitrogens with zero attached hydrogens (tertiary/aromatic N) is 1. The number of halogens is 1. The highest BCUT2D eigenvalue weighted by Gasteiger charge is 2.24. The highest BCUT2D eigenvalue weighted by Crippen LogP contribution is 2.26. The first-order valence-electron chi connectivity index (χ1n) is 8.35. The maximum atomic E-state index is 12.8. The number of amides is 1. The number of fused-ring (bicyclic) bond motifs is 1. The van der Waals surface area contributed by atoms with Crippen LogP contribution >= 0.6 is 15.9 Å². The Balaban J connectivity index is 1.91. The van der Waals surface area contributed by atoms with Gasteiger partial charge in [-0.3, -0.25) is 4.79 Å². The van der Waals surface area contributed by atoms with Crippen LogP contribution in [0.2, 0.25) is 0 Å². The maximum Gasteiger partial charge on any atom is 0.251 e. The van der Waals surface area contributed by atoms with E-state index in [1.54, 1.807) is 0 Å². The largest absolute Gasteiger partial charge is 0.348 e. The van der Waals surface area contributed by atoms with Crippen LogP contribution in [0.4, 0.5) is 0 Å². The molecular formula is C21H23BrN2O. The van der Waals surface area contributed by atoms with Crippen LogP contribution in [0, 0.1) is 13.8 Å². The Labute approximate surface area is 157 Å². The Kier molecular flexibility index (Phi) is 4.50. The molecule has 1 heterocycles. The summed E-state index contributed by atoms with van der Waals surface area (Å²) in [7, 11) is 2.06. The number of rotatable bonds is 3. The van der Waals surface area contributed by atoms with Gasteiger partial charge in [-0.1, -0.05) is 28.1 Å². The summed E-state index contributed by atoms with van der Waals surface area (Å²) >= 11 is 3.45. The minimum Gasteiger partial charge on any atom is -0.348 e. The van der Waals surface area contributed by atoms with Crippen molar-refractivity contribution in [2.75, 3.05) is 0 Å². The van der Waals surface area contributed by atoms with Crippen LogP contribution in [0.25, 0.3) is 10.9 Å². The lowest BCUT2D eigenvalue weighted by molar-refractivity contribution is 0.0912. The van der Waals surface area contributed by atoms with Crippen molar-refractivity contribution in [2.45, 2.75) is 33.2 Å². The molecule has 1 amide bonds. The molecule has 3 rings (SSSR count). The number of aryl methyl sites for hydroxylation is 2. The van der Waals surface area contributed by atoms with E-state index in [1.165, 1.54) is 11.3 Å². The fourth-order valence-corrected chi connectivity index (χ4v) is 3.46. The SMILES string of the molecule is Cc1c(C)n(C)c2ccc(C(=O)NC(C)(C)c3ccc(Br)cc3)cc12.